The van der Waals surface area contributed by atoms with Gasteiger partial charge in [-0.3, -0.25) is 0 Å². The summed E-state index contributed by atoms with van der Waals surface area (Å²) in [7, 11) is 0. The highest BCUT2D eigenvalue weighted by Crippen LogP contribution is 2.19. The predicted octanol–water partition coefficient (Wildman–Crippen LogP) is 4.44. The van der Waals surface area contributed by atoms with Crippen LogP contribution in [0.25, 0.3) is 0 Å². The van der Waals surface area contributed by atoms with E-state index in [9.17, 15) is 8.78 Å². The van der Waals surface area contributed by atoms with Crippen molar-refractivity contribution in [2.24, 2.45) is 0 Å². The summed E-state index contributed by atoms with van der Waals surface area (Å²) in [6, 6.07) is 3.54. The Kier molecular flexibility index (Phi) is 4.28. The van der Waals surface area contributed by atoms with E-state index in [1.807, 2.05) is 20.8 Å². The van der Waals surface area contributed by atoms with E-state index in [2.05, 4.69) is 9.97 Å². The number of halogens is 2. The van der Waals surface area contributed by atoms with E-state index < -0.39 is 11.6 Å². The summed E-state index contributed by atoms with van der Waals surface area (Å²) >= 11 is 5.29. The molecular weight excluding hydrogens is 278 g/mol. The van der Waals surface area contributed by atoms with Gasteiger partial charge in [0, 0.05) is 23.7 Å². The highest BCUT2D eigenvalue weighted by atomic mass is 32.1. The van der Waals surface area contributed by atoms with Gasteiger partial charge in [-0.25, -0.2) is 13.8 Å². The maximum absolute atomic E-state index is 13.6. The first kappa shape index (κ1) is 14.8. The molecule has 20 heavy (non-hydrogen) atoms. The second-order valence-corrected chi connectivity index (χ2v) is 5.48. The summed E-state index contributed by atoms with van der Waals surface area (Å²) in [5, 5.41) is 0. The van der Waals surface area contributed by atoms with E-state index in [1.54, 1.807) is 0 Å². The standard InChI is InChI=1S/C15H16F2N2S/c1-8(2)14-9(3)18-13(19-15(14)20)6-10-4-5-11(16)7-12(10)17/h4-5,7-8H,6H2,1-3H3,(H,18,19,20). The lowest BCUT2D eigenvalue weighted by atomic mass is 10.0. The van der Waals surface area contributed by atoms with E-state index in [0.29, 0.717) is 16.0 Å². The zero-order valence-electron chi connectivity index (χ0n) is 11.6. The number of H-pyrrole nitrogens is 1. The minimum Gasteiger partial charge on any atom is -0.347 e. The number of nitrogens with one attached hydrogen (secondary N) is 1. The molecule has 2 aromatic rings. The van der Waals surface area contributed by atoms with Gasteiger partial charge >= 0.3 is 0 Å². The highest BCUT2D eigenvalue weighted by Gasteiger charge is 2.11. The van der Waals surface area contributed by atoms with Gasteiger partial charge in [0.15, 0.2) is 0 Å². The second kappa shape index (κ2) is 5.79. The zero-order valence-corrected chi connectivity index (χ0v) is 12.4. The van der Waals surface area contributed by atoms with Crippen molar-refractivity contribution in [3.05, 3.63) is 57.1 Å². The maximum Gasteiger partial charge on any atom is 0.133 e. The van der Waals surface area contributed by atoms with Crippen LogP contribution in [0.4, 0.5) is 8.78 Å². The Morgan fingerprint density at radius 3 is 2.55 bits per heavy atom. The van der Waals surface area contributed by atoms with Gasteiger partial charge < -0.3 is 4.98 Å². The van der Waals surface area contributed by atoms with Gasteiger partial charge in [-0.15, -0.1) is 0 Å². The Balaban J connectivity index is 2.38. The third-order valence-corrected chi connectivity index (χ3v) is 3.46. The van der Waals surface area contributed by atoms with Crippen molar-refractivity contribution < 1.29 is 8.78 Å². The first-order valence-corrected chi connectivity index (χ1v) is 6.83. The third kappa shape index (κ3) is 3.10. The number of aromatic amines is 1. The van der Waals surface area contributed by atoms with Crippen LogP contribution < -0.4 is 0 Å². The minimum atomic E-state index is -0.585. The third-order valence-electron chi connectivity index (χ3n) is 3.15. The van der Waals surface area contributed by atoms with Crippen molar-refractivity contribution in [3.63, 3.8) is 0 Å². The van der Waals surface area contributed by atoms with Crippen molar-refractivity contribution in [2.75, 3.05) is 0 Å². The molecule has 0 bridgehead atoms. The van der Waals surface area contributed by atoms with Gasteiger partial charge in [-0.05, 0) is 24.5 Å². The quantitative estimate of drug-likeness (QED) is 0.848. The smallest absolute Gasteiger partial charge is 0.133 e. The largest absolute Gasteiger partial charge is 0.347 e. The molecule has 0 radical (unpaired) electrons. The van der Waals surface area contributed by atoms with E-state index >= 15 is 0 Å². The highest BCUT2D eigenvalue weighted by molar-refractivity contribution is 7.71. The molecule has 0 spiro atoms. The van der Waals surface area contributed by atoms with Crippen LogP contribution in [0.5, 0.6) is 0 Å². The number of benzene rings is 1. The van der Waals surface area contributed by atoms with Crippen LogP contribution in [-0.4, -0.2) is 9.97 Å². The molecule has 1 heterocycles. The molecular formula is C15H16F2N2S. The van der Waals surface area contributed by atoms with Gasteiger partial charge in [-0.1, -0.05) is 32.1 Å². The fourth-order valence-corrected chi connectivity index (χ4v) is 2.76. The lowest BCUT2D eigenvalue weighted by molar-refractivity contribution is 0.573. The first-order valence-electron chi connectivity index (χ1n) is 6.42. The van der Waals surface area contributed by atoms with Gasteiger partial charge in [-0.2, -0.15) is 0 Å². The molecule has 0 aliphatic rings. The van der Waals surface area contributed by atoms with Crippen molar-refractivity contribution in [3.8, 4) is 0 Å². The Bertz CT molecular complexity index is 693. The predicted molar refractivity (Wildman–Crippen MR) is 77.4 cm³/mol. The van der Waals surface area contributed by atoms with Crippen LogP contribution in [-0.2, 0) is 6.42 Å². The number of nitrogens with zero attached hydrogens (tertiary/aromatic N) is 1. The average Bonchev–Trinajstić information content (AvgIpc) is 2.31. The Morgan fingerprint density at radius 2 is 2.00 bits per heavy atom. The van der Waals surface area contributed by atoms with E-state index in [0.717, 1.165) is 17.3 Å². The number of hydrogen-bond acceptors (Lipinski definition) is 2. The Hall–Kier alpha value is -1.62. The minimum absolute atomic E-state index is 0.259. The number of aromatic nitrogens is 2. The van der Waals surface area contributed by atoms with Crippen LogP contribution in [0.2, 0.25) is 0 Å². The van der Waals surface area contributed by atoms with E-state index in [4.69, 9.17) is 12.2 Å². The molecule has 0 unspecified atom stereocenters. The molecule has 0 saturated heterocycles. The summed E-state index contributed by atoms with van der Waals surface area (Å²) in [5.41, 5.74) is 2.34. The number of aryl methyl sites for hydroxylation is 1. The lowest BCUT2D eigenvalue weighted by Crippen LogP contribution is -2.06. The van der Waals surface area contributed by atoms with Crippen LogP contribution in [0.15, 0.2) is 18.2 Å². The SMILES string of the molecule is Cc1[nH]c(Cc2ccc(F)cc2F)nc(=S)c1C(C)C. The molecule has 0 fully saturated rings. The average molecular weight is 294 g/mol. The molecule has 0 aliphatic carbocycles. The summed E-state index contributed by atoms with van der Waals surface area (Å²) < 4.78 is 27.0. The summed E-state index contributed by atoms with van der Waals surface area (Å²) in [4.78, 5) is 7.46. The molecule has 106 valence electrons. The normalized spacial score (nSPS) is 11.1. The van der Waals surface area contributed by atoms with E-state index in [-0.39, 0.29) is 12.3 Å². The van der Waals surface area contributed by atoms with Crippen LogP contribution in [0.1, 0.15) is 42.4 Å². The van der Waals surface area contributed by atoms with E-state index in [1.165, 1.54) is 12.1 Å². The summed E-state index contributed by atoms with van der Waals surface area (Å²) in [6.07, 6.45) is 0.259. The van der Waals surface area contributed by atoms with Crippen molar-refractivity contribution in [1.29, 1.82) is 0 Å². The summed E-state index contributed by atoms with van der Waals surface area (Å²) in [5.74, 6) is -0.291. The Morgan fingerprint density at radius 1 is 1.30 bits per heavy atom. The molecule has 1 N–H and O–H groups in total. The molecule has 0 aliphatic heterocycles. The van der Waals surface area contributed by atoms with Crippen molar-refractivity contribution in [2.45, 2.75) is 33.1 Å². The molecule has 0 saturated carbocycles. The fraction of sp³-hybridized carbons (Fsp3) is 0.333. The van der Waals surface area contributed by atoms with Crippen molar-refractivity contribution in [1.82, 2.24) is 9.97 Å². The number of hydrogen-bond donors (Lipinski definition) is 1. The molecule has 5 heteroatoms. The maximum atomic E-state index is 13.6. The molecule has 0 amide bonds. The van der Waals surface area contributed by atoms with Gasteiger partial charge in [0.2, 0.25) is 0 Å². The lowest BCUT2D eigenvalue weighted by Gasteiger charge is -2.12. The monoisotopic (exact) mass is 294 g/mol. The van der Waals surface area contributed by atoms with Gasteiger partial charge in [0.05, 0.1) is 0 Å². The number of rotatable bonds is 3. The molecule has 1 aromatic carbocycles. The van der Waals surface area contributed by atoms with Crippen molar-refractivity contribution >= 4 is 12.2 Å². The second-order valence-electron chi connectivity index (χ2n) is 5.09. The zero-order chi connectivity index (χ0) is 14.9. The first-order chi connectivity index (χ1) is 9.38. The molecule has 2 rings (SSSR count). The summed E-state index contributed by atoms with van der Waals surface area (Å²) in [6.45, 7) is 6.03. The molecule has 2 nitrogen and oxygen atoms in total. The fourth-order valence-electron chi connectivity index (χ4n) is 2.26. The topological polar surface area (TPSA) is 28.7 Å². The van der Waals surface area contributed by atoms with Gasteiger partial charge in [0.25, 0.3) is 0 Å². The molecule has 1 aromatic heterocycles. The van der Waals surface area contributed by atoms with Gasteiger partial charge in [0.1, 0.15) is 22.1 Å². The van der Waals surface area contributed by atoms with Crippen LogP contribution >= 0.6 is 12.2 Å². The Labute approximate surface area is 121 Å². The van der Waals surface area contributed by atoms with Crippen LogP contribution in [0, 0.1) is 23.2 Å². The molecule has 0 atom stereocenters. The van der Waals surface area contributed by atoms with Crippen LogP contribution in [0.3, 0.4) is 0 Å².